The number of carbonyl (C=O) groups excluding carboxylic acids is 3. The summed E-state index contributed by atoms with van der Waals surface area (Å²) in [6.45, 7) is 7.04. The number of piperidine rings is 1. The first-order chi connectivity index (χ1) is 15.7. The van der Waals surface area contributed by atoms with E-state index in [4.69, 9.17) is 4.74 Å². The number of fused-ring (bicyclic) bond motifs is 1. The largest absolute Gasteiger partial charge is 0.444 e. The van der Waals surface area contributed by atoms with Gasteiger partial charge in [-0.3, -0.25) is 14.5 Å². The molecule has 2 aromatic rings. The van der Waals surface area contributed by atoms with Crippen LogP contribution in [0.25, 0.3) is 0 Å². The van der Waals surface area contributed by atoms with Crippen molar-refractivity contribution in [2.24, 2.45) is 0 Å². The molecule has 1 fully saturated rings. The zero-order chi connectivity index (χ0) is 23.6. The Morgan fingerprint density at radius 3 is 2.06 bits per heavy atom. The van der Waals surface area contributed by atoms with Gasteiger partial charge in [0.15, 0.2) is 0 Å². The first-order valence-electron chi connectivity index (χ1n) is 11.5. The molecule has 2 aromatic carbocycles. The second kappa shape index (κ2) is 9.35. The van der Waals surface area contributed by atoms with E-state index in [1.54, 1.807) is 29.2 Å². The SMILES string of the molecule is CC(C)(C)OC(=O)N1CCC(N[C@@H](CN2C(=O)c3ccccc3C2=O)c2ccccc2)CC1. The normalized spacial score (nSPS) is 17.8. The van der Waals surface area contributed by atoms with Crippen LogP contribution in [-0.2, 0) is 4.74 Å². The Labute approximate surface area is 194 Å². The minimum absolute atomic E-state index is 0.157. The van der Waals surface area contributed by atoms with Gasteiger partial charge in [-0.25, -0.2) is 4.79 Å². The highest BCUT2D eigenvalue weighted by Gasteiger charge is 2.37. The first kappa shape index (κ1) is 23.0. The molecule has 7 heteroatoms. The van der Waals surface area contributed by atoms with Crippen molar-refractivity contribution in [1.82, 2.24) is 15.1 Å². The standard InChI is InChI=1S/C26H31N3O4/c1-26(2,3)33-25(32)28-15-13-19(14-16-28)27-22(18-9-5-4-6-10-18)17-29-23(30)20-11-7-8-12-21(20)24(29)31/h4-12,19,22,27H,13-17H2,1-3H3/t22-/m0/s1. The van der Waals surface area contributed by atoms with E-state index in [1.165, 1.54) is 4.90 Å². The fraction of sp³-hybridized carbons (Fsp3) is 0.423. The molecule has 174 valence electrons. The molecule has 7 nitrogen and oxygen atoms in total. The minimum atomic E-state index is -0.517. The molecule has 1 saturated heterocycles. The quantitative estimate of drug-likeness (QED) is 0.698. The average Bonchev–Trinajstić information content (AvgIpc) is 3.03. The topological polar surface area (TPSA) is 79.0 Å². The number of nitrogens with one attached hydrogen (secondary N) is 1. The third-order valence-corrected chi connectivity index (χ3v) is 6.03. The monoisotopic (exact) mass is 449 g/mol. The summed E-state index contributed by atoms with van der Waals surface area (Å²) in [4.78, 5) is 41.3. The lowest BCUT2D eigenvalue weighted by Crippen LogP contribution is -2.49. The number of ether oxygens (including phenoxy) is 1. The maximum Gasteiger partial charge on any atom is 0.410 e. The van der Waals surface area contributed by atoms with Crippen LogP contribution in [0.2, 0.25) is 0 Å². The molecule has 0 spiro atoms. The van der Waals surface area contributed by atoms with Crippen LogP contribution >= 0.6 is 0 Å². The summed E-state index contributed by atoms with van der Waals surface area (Å²) in [6.07, 6.45) is 1.25. The summed E-state index contributed by atoms with van der Waals surface area (Å²) in [5, 5.41) is 3.65. The molecule has 0 unspecified atom stereocenters. The molecule has 0 radical (unpaired) electrons. The van der Waals surface area contributed by atoms with Crippen LogP contribution in [0.3, 0.4) is 0 Å². The third-order valence-electron chi connectivity index (χ3n) is 6.03. The van der Waals surface area contributed by atoms with Gasteiger partial charge in [-0.1, -0.05) is 42.5 Å². The number of hydrogen-bond donors (Lipinski definition) is 1. The summed E-state index contributed by atoms with van der Waals surface area (Å²) >= 11 is 0. The fourth-order valence-corrected chi connectivity index (χ4v) is 4.37. The molecule has 3 amide bonds. The number of carbonyl (C=O) groups is 3. The van der Waals surface area contributed by atoms with Gasteiger partial charge in [-0.15, -0.1) is 0 Å². The zero-order valence-corrected chi connectivity index (χ0v) is 19.4. The molecule has 4 rings (SSSR count). The van der Waals surface area contributed by atoms with Gasteiger partial charge in [-0.05, 0) is 51.3 Å². The van der Waals surface area contributed by atoms with Crippen LogP contribution in [0.5, 0.6) is 0 Å². The number of rotatable bonds is 5. The molecule has 0 aliphatic carbocycles. The molecule has 0 aromatic heterocycles. The number of amides is 3. The predicted molar refractivity (Wildman–Crippen MR) is 125 cm³/mol. The smallest absolute Gasteiger partial charge is 0.410 e. The Morgan fingerprint density at radius 2 is 1.52 bits per heavy atom. The molecule has 1 atom stereocenters. The van der Waals surface area contributed by atoms with Crippen LogP contribution in [-0.4, -0.2) is 59.0 Å². The van der Waals surface area contributed by atoms with Crippen molar-refractivity contribution in [2.75, 3.05) is 19.6 Å². The van der Waals surface area contributed by atoms with E-state index in [1.807, 2.05) is 51.1 Å². The Kier molecular flexibility index (Phi) is 6.51. The van der Waals surface area contributed by atoms with Gasteiger partial charge in [0, 0.05) is 25.7 Å². The maximum absolute atomic E-state index is 12.9. The summed E-state index contributed by atoms with van der Waals surface area (Å²) in [5.41, 5.74) is 1.42. The summed E-state index contributed by atoms with van der Waals surface area (Å²) in [6, 6.07) is 16.8. The Hall–Kier alpha value is -3.19. The summed E-state index contributed by atoms with van der Waals surface area (Å²) in [7, 11) is 0. The summed E-state index contributed by atoms with van der Waals surface area (Å²) < 4.78 is 5.49. The second-order valence-electron chi connectivity index (χ2n) is 9.64. The highest BCUT2D eigenvalue weighted by molar-refractivity contribution is 6.21. The van der Waals surface area contributed by atoms with E-state index < -0.39 is 5.60 Å². The molecule has 2 aliphatic rings. The number of nitrogens with zero attached hydrogens (tertiary/aromatic N) is 2. The number of imide groups is 1. The highest BCUT2D eigenvalue weighted by Crippen LogP contribution is 2.26. The van der Waals surface area contributed by atoms with Gasteiger partial charge in [0.05, 0.1) is 17.2 Å². The van der Waals surface area contributed by atoms with E-state index in [9.17, 15) is 14.4 Å². The highest BCUT2D eigenvalue weighted by atomic mass is 16.6. The van der Waals surface area contributed by atoms with Crippen LogP contribution in [0.4, 0.5) is 4.79 Å². The average molecular weight is 450 g/mol. The van der Waals surface area contributed by atoms with E-state index in [0.29, 0.717) is 24.2 Å². The van der Waals surface area contributed by atoms with Gasteiger partial charge in [0.25, 0.3) is 11.8 Å². The van der Waals surface area contributed by atoms with Crippen LogP contribution in [0.15, 0.2) is 54.6 Å². The molecule has 1 N–H and O–H groups in total. The van der Waals surface area contributed by atoms with Gasteiger partial charge in [0.1, 0.15) is 5.60 Å². The van der Waals surface area contributed by atoms with Crippen LogP contribution in [0, 0.1) is 0 Å². The van der Waals surface area contributed by atoms with Crippen molar-refractivity contribution in [3.63, 3.8) is 0 Å². The van der Waals surface area contributed by atoms with Crippen molar-refractivity contribution >= 4 is 17.9 Å². The molecule has 33 heavy (non-hydrogen) atoms. The first-order valence-corrected chi connectivity index (χ1v) is 11.5. The second-order valence-corrected chi connectivity index (χ2v) is 9.64. The van der Waals surface area contributed by atoms with E-state index >= 15 is 0 Å². The third kappa shape index (κ3) is 5.25. The molecular weight excluding hydrogens is 418 g/mol. The van der Waals surface area contributed by atoms with Gasteiger partial charge in [-0.2, -0.15) is 0 Å². The lowest BCUT2D eigenvalue weighted by atomic mass is 10.0. The molecule has 2 aliphatic heterocycles. The molecule has 0 bridgehead atoms. The van der Waals surface area contributed by atoms with E-state index in [0.717, 1.165) is 18.4 Å². The number of benzene rings is 2. The van der Waals surface area contributed by atoms with Crippen molar-refractivity contribution in [1.29, 1.82) is 0 Å². The van der Waals surface area contributed by atoms with E-state index in [-0.39, 0.29) is 36.5 Å². The molecule has 2 heterocycles. The van der Waals surface area contributed by atoms with Crippen molar-refractivity contribution < 1.29 is 19.1 Å². The lowest BCUT2D eigenvalue weighted by molar-refractivity contribution is 0.0192. The van der Waals surface area contributed by atoms with Crippen molar-refractivity contribution in [3.8, 4) is 0 Å². The predicted octanol–water partition coefficient (Wildman–Crippen LogP) is 4.01. The van der Waals surface area contributed by atoms with Gasteiger partial charge >= 0.3 is 6.09 Å². The minimum Gasteiger partial charge on any atom is -0.444 e. The van der Waals surface area contributed by atoms with E-state index in [2.05, 4.69) is 5.32 Å². The fourth-order valence-electron chi connectivity index (χ4n) is 4.37. The molecule has 0 saturated carbocycles. The number of likely N-dealkylation sites (tertiary alicyclic amines) is 1. The lowest BCUT2D eigenvalue weighted by Gasteiger charge is -2.36. The molecular formula is C26H31N3O4. The Bertz CT molecular complexity index is 988. The maximum atomic E-state index is 12.9. The Morgan fingerprint density at radius 1 is 0.970 bits per heavy atom. The van der Waals surface area contributed by atoms with Crippen molar-refractivity contribution in [2.45, 2.75) is 51.3 Å². The Balaban J connectivity index is 1.44. The summed E-state index contributed by atoms with van der Waals surface area (Å²) in [5.74, 6) is -0.504. The van der Waals surface area contributed by atoms with Crippen molar-refractivity contribution in [3.05, 3.63) is 71.3 Å². The van der Waals surface area contributed by atoms with Crippen LogP contribution in [0.1, 0.15) is 65.9 Å². The van der Waals surface area contributed by atoms with Gasteiger partial charge in [0.2, 0.25) is 0 Å². The number of hydrogen-bond acceptors (Lipinski definition) is 5. The van der Waals surface area contributed by atoms with Crippen LogP contribution < -0.4 is 5.32 Å². The zero-order valence-electron chi connectivity index (χ0n) is 19.4. The van der Waals surface area contributed by atoms with Gasteiger partial charge < -0.3 is 15.0 Å².